The minimum Gasteiger partial charge on any atom is -0.366 e. The topological polar surface area (TPSA) is 43.1 Å². The van der Waals surface area contributed by atoms with E-state index in [1.165, 1.54) is 6.07 Å². The molecule has 0 saturated carbocycles. The highest BCUT2D eigenvalue weighted by Crippen LogP contribution is 2.40. The van der Waals surface area contributed by atoms with Crippen LogP contribution < -0.4 is 5.73 Å². The van der Waals surface area contributed by atoms with Crippen molar-refractivity contribution in [1.82, 2.24) is 0 Å². The summed E-state index contributed by atoms with van der Waals surface area (Å²) in [7, 11) is 0. The first-order chi connectivity index (χ1) is 8.90. The predicted octanol–water partition coefficient (Wildman–Crippen LogP) is 5.07. The van der Waals surface area contributed by atoms with Crippen LogP contribution in [-0.2, 0) is 0 Å². The molecule has 2 rings (SSSR count). The molecular weight excluding hydrogens is 328 g/mol. The molecule has 0 aliphatic rings. The Morgan fingerprint density at radius 3 is 2.21 bits per heavy atom. The van der Waals surface area contributed by atoms with E-state index >= 15 is 0 Å². The molecule has 0 saturated heterocycles. The number of hydrogen-bond acceptors (Lipinski definition) is 1. The van der Waals surface area contributed by atoms with Crippen LogP contribution in [0.2, 0.25) is 20.1 Å². The Hall–Kier alpha value is -0.930. The summed E-state index contributed by atoms with van der Waals surface area (Å²) in [5.41, 5.74) is 6.62. The van der Waals surface area contributed by atoms with Crippen molar-refractivity contribution in [3.05, 3.63) is 56.0 Å². The summed E-state index contributed by atoms with van der Waals surface area (Å²) >= 11 is 24.2. The molecule has 0 aliphatic heterocycles. The molecule has 0 spiro atoms. The predicted molar refractivity (Wildman–Crippen MR) is 80.4 cm³/mol. The average molecular weight is 335 g/mol. The van der Waals surface area contributed by atoms with Gasteiger partial charge in [0.1, 0.15) is 0 Å². The SMILES string of the molecule is NC(=O)c1cc(Cl)cc(-c2c(Cl)ccc(Cl)c2Cl)c1. The fourth-order valence-corrected chi connectivity index (χ4v) is 2.65. The van der Waals surface area contributed by atoms with Crippen LogP contribution in [0.1, 0.15) is 10.4 Å². The van der Waals surface area contributed by atoms with Crippen molar-refractivity contribution in [2.45, 2.75) is 0 Å². The first kappa shape index (κ1) is 14.5. The zero-order chi connectivity index (χ0) is 14.2. The van der Waals surface area contributed by atoms with E-state index in [1.54, 1.807) is 24.3 Å². The third kappa shape index (κ3) is 2.98. The molecule has 19 heavy (non-hydrogen) atoms. The van der Waals surface area contributed by atoms with Crippen molar-refractivity contribution in [1.29, 1.82) is 0 Å². The molecule has 6 heteroatoms. The Balaban J connectivity index is 2.72. The summed E-state index contributed by atoms with van der Waals surface area (Å²) in [6.45, 7) is 0. The van der Waals surface area contributed by atoms with Crippen LogP contribution in [0.5, 0.6) is 0 Å². The maximum Gasteiger partial charge on any atom is 0.248 e. The van der Waals surface area contributed by atoms with E-state index in [1.807, 2.05) is 0 Å². The van der Waals surface area contributed by atoms with Gasteiger partial charge in [-0.05, 0) is 35.9 Å². The molecule has 0 bridgehead atoms. The number of primary amides is 1. The summed E-state index contributed by atoms with van der Waals surface area (Å²) in [5.74, 6) is -0.585. The van der Waals surface area contributed by atoms with Gasteiger partial charge >= 0.3 is 0 Å². The summed E-state index contributed by atoms with van der Waals surface area (Å²) in [6.07, 6.45) is 0. The highest BCUT2D eigenvalue weighted by atomic mass is 35.5. The van der Waals surface area contributed by atoms with E-state index < -0.39 is 5.91 Å². The van der Waals surface area contributed by atoms with Crippen LogP contribution in [0.4, 0.5) is 0 Å². The highest BCUT2D eigenvalue weighted by molar-refractivity contribution is 6.46. The van der Waals surface area contributed by atoms with Gasteiger partial charge in [0, 0.05) is 21.2 Å². The molecule has 0 unspecified atom stereocenters. The Morgan fingerprint density at radius 1 is 0.947 bits per heavy atom. The van der Waals surface area contributed by atoms with Crippen LogP contribution in [0, 0.1) is 0 Å². The van der Waals surface area contributed by atoms with E-state index in [9.17, 15) is 4.79 Å². The van der Waals surface area contributed by atoms with Crippen molar-refractivity contribution in [3.63, 3.8) is 0 Å². The molecule has 0 aromatic heterocycles. The van der Waals surface area contributed by atoms with Gasteiger partial charge in [-0.2, -0.15) is 0 Å². The zero-order valence-corrected chi connectivity index (χ0v) is 12.4. The van der Waals surface area contributed by atoms with Crippen LogP contribution >= 0.6 is 46.4 Å². The van der Waals surface area contributed by atoms with Gasteiger partial charge in [-0.3, -0.25) is 4.79 Å². The van der Waals surface area contributed by atoms with Crippen LogP contribution in [0.3, 0.4) is 0 Å². The highest BCUT2D eigenvalue weighted by Gasteiger charge is 2.14. The van der Waals surface area contributed by atoms with Gasteiger partial charge in [-0.25, -0.2) is 0 Å². The third-order valence-electron chi connectivity index (χ3n) is 2.51. The number of halogens is 4. The lowest BCUT2D eigenvalue weighted by Gasteiger charge is -2.10. The smallest absolute Gasteiger partial charge is 0.248 e. The normalized spacial score (nSPS) is 10.5. The molecule has 2 nitrogen and oxygen atoms in total. The fraction of sp³-hybridized carbons (Fsp3) is 0. The van der Waals surface area contributed by atoms with Crippen molar-refractivity contribution in [2.24, 2.45) is 5.73 Å². The molecule has 2 N–H and O–H groups in total. The minimum absolute atomic E-state index is 0.273. The second-order valence-electron chi connectivity index (χ2n) is 3.81. The maximum absolute atomic E-state index is 11.2. The summed E-state index contributed by atoms with van der Waals surface area (Å²) in [5, 5.41) is 1.43. The molecule has 98 valence electrons. The van der Waals surface area contributed by atoms with Crippen molar-refractivity contribution < 1.29 is 4.79 Å². The lowest BCUT2D eigenvalue weighted by atomic mass is 10.0. The van der Waals surface area contributed by atoms with Gasteiger partial charge in [0.05, 0.1) is 10.0 Å². The van der Waals surface area contributed by atoms with E-state index in [0.717, 1.165) is 0 Å². The van der Waals surface area contributed by atoms with Gasteiger partial charge in [0.2, 0.25) is 5.91 Å². The minimum atomic E-state index is -0.585. The van der Waals surface area contributed by atoms with Gasteiger partial charge in [-0.1, -0.05) is 46.4 Å². The van der Waals surface area contributed by atoms with Gasteiger partial charge < -0.3 is 5.73 Å². The number of carbonyl (C=O) groups is 1. The van der Waals surface area contributed by atoms with Gasteiger partial charge in [0.25, 0.3) is 0 Å². The van der Waals surface area contributed by atoms with E-state index in [-0.39, 0.29) is 5.56 Å². The second kappa shape index (κ2) is 5.59. The Labute approximate surface area is 130 Å². The molecular formula is C13H7Cl4NO. The molecule has 1 amide bonds. The largest absolute Gasteiger partial charge is 0.366 e. The molecule has 2 aromatic rings. The maximum atomic E-state index is 11.2. The Kier molecular flexibility index (Phi) is 4.26. The van der Waals surface area contributed by atoms with Crippen molar-refractivity contribution in [2.75, 3.05) is 0 Å². The fourth-order valence-electron chi connectivity index (χ4n) is 1.67. The lowest BCUT2D eigenvalue weighted by Crippen LogP contribution is -2.10. The Morgan fingerprint density at radius 2 is 1.58 bits per heavy atom. The summed E-state index contributed by atoms with van der Waals surface area (Å²) < 4.78 is 0. The first-order valence-electron chi connectivity index (χ1n) is 5.14. The molecule has 2 aromatic carbocycles. The molecule has 0 aliphatic carbocycles. The average Bonchev–Trinajstić information content (AvgIpc) is 2.34. The number of hydrogen-bond donors (Lipinski definition) is 1. The van der Waals surface area contributed by atoms with E-state index in [4.69, 9.17) is 52.1 Å². The lowest BCUT2D eigenvalue weighted by molar-refractivity contribution is 0.100. The van der Waals surface area contributed by atoms with Crippen molar-refractivity contribution >= 4 is 52.3 Å². The zero-order valence-electron chi connectivity index (χ0n) is 9.38. The van der Waals surface area contributed by atoms with Gasteiger partial charge in [-0.15, -0.1) is 0 Å². The monoisotopic (exact) mass is 333 g/mol. The molecule has 0 atom stereocenters. The molecule has 0 heterocycles. The van der Waals surface area contributed by atoms with Crippen LogP contribution in [0.25, 0.3) is 11.1 Å². The molecule has 0 fully saturated rings. The number of carbonyl (C=O) groups excluding carboxylic acids is 1. The number of amides is 1. The van der Waals surface area contributed by atoms with Gasteiger partial charge in [0.15, 0.2) is 0 Å². The van der Waals surface area contributed by atoms with Crippen molar-refractivity contribution in [3.8, 4) is 11.1 Å². The molecule has 0 radical (unpaired) electrons. The third-order valence-corrected chi connectivity index (χ3v) is 3.85. The number of benzene rings is 2. The van der Waals surface area contributed by atoms with Crippen LogP contribution in [0.15, 0.2) is 30.3 Å². The number of nitrogens with two attached hydrogens (primary N) is 1. The number of rotatable bonds is 2. The standard InChI is InChI=1S/C13H7Cl4NO/c14-8-4-6(3-7(5-8)13(18)19)11-9(15)1-2-10(16)12(11)17/h1-5H,(H2,18,19). The first-order valence-corrected chi connectivity index (χ1v) is 6.65. The summed E-state index contributed by atoms with van der Waals surface area (Å²) in [6, 6.07) is 7.89. The van der Waals surface area contributed by atoms with E-state index in [0.29, 0.717) is 31.2 Å². The van der Waals surface area contributed by atoms with E-state index in [2.05, 4.69) is 0 Å². The quantitative estimate of drug-likeness (QED) is 0.766. The summed E-state index contributed by atoms with van der Waals surface area (Å²) in [4.78, 5) is 11.2. The Bertz CT molecular complexity index is 670. The van der Waals surface area contributed by atoms with Crippen LogP contribution in [-0.4, -0.2) is 5.91 Å². The second-order valence-corrected chi connectivity index (χ2v) is 5.44.